The number of benzene rings is 3. The van der Waals surface area contributed by atoms with E-state index in [4.69, 9.17) is 9.72 Å². The zero-order chi connectivity index (χ0) is 20.9. The molecule has 0 radical (unpaired) electrons. The van der Waals surface area contributed by atoms with Gasteiger partial charge in [-0.15, -0.1) is 0 Å². The van der Waals surface area contributed by atoms with Gasteiger partial charge in [-0.3, -0.25) is 4.79 Å². The summed E-state index contributed by atoms with van der Waals surface area (Å²) in [7, 11) is 0. The topological polar surface area (TPSA) is 56.2 Å². The number of para-hydroxylation sites is 3. The smallest absolute Gasteiger partial charge is 0.251 e. The molecule has 1 amide bonds. The van der Waals surface area contributed by atoms with Crippen LogP contribution in [-0.2, 0) is 13.1 Å². The third kappa shape index (κ3) is 4.35. The molecule has 30 heavy (non-hydrogen) atoms. The minimum atomic E-state index is -0.107. The molecule has 0 saturated carbocycles. The highest BCUT2D eigenvalue weighted by molar-refractivity contribution is 5.94. The van der Waals surface area contributed by atoms with Crippen LogP contribution in [0.5, 0.6) is 5.75 Å². The standard InChI is InChI=1S/C25H25N3O2/c1-18-11-13-20(14-12-18)25(29)26-17-24-27-21-8-4-5-9-22(21)28(24)15-16-30-23-10-6-3-7-19(23)2/h3-14H,15-17H2,1-2H3,(H,26,29). The number of aromatic nitrogens is 2. The van der Waals surface area contributed by atoms with Crippen LogP contribution >= 0.6 is 0 Å². The Kier molecular flexibility index (Phi) is 5.80. The van der Waals surface area contributed by atoms with Crippen LogP contribution in [-0.4, -0.2) is 22.1 Å². The zero-order valence-corrected chi connectivity index (χ0v) is 17.3. The molecule has 4 rings (SSSR count). The summed E-state index contributed by atoms with van der Waals surface area (Å²) in [5.41, 5.74) is 4.82. The van der Waals surface area contributed by atoms with Gasteiger partial charge in [-0.1, -0.05) is 48.0 Å². The van der Waals surface area contributed by atoms with Crippen molar-refractivity contribution >= 4 is 16.9 Å². The van der Waals surface area contributed by atoms with Crippen LogP contribution in [0.3, 0.4) is 0 Å². The Morgan fingerprint density at radius 3 is 2.50 bits per heavy atom. The van der Waals surface area contributed by atoms with E-state index in [9.17, 15) is 4.79 Å². The molecule has 3 aromatic carbocycles. The summed E-state index contributed by atoms with van der Waals surface area (Å²) >= 11 is 0. The minimum absolute atomic E-state index is 0.107. The number of carbonyl (C=O) groups is 1. The molecule has 0 saturated heterocycles. The first-order chi connectivity index (χ1) is 14.6. The molecule has 0 atom stereocenters. The molecule has 1 aromatic heterocycles. The largest absolute Gasteiger partial charge is 0.491 e. The molecule has 1 heterocycles. The van der Waals surface area contributed by atoms with Crippen LogP contribution in [0.4, 0.5) is 0 Å². The Morgan fingerprint density at radius 1 is 0.967 bits per heavy atom. The molecule has 0 bridgehead atoms. The lowest BCUT2D eigenvalue weighted by Crippen LogP contribution is -2.25. The molecule has 5 nitrogen and oxygen atoms in total. The number of ether oxygens (including phenoxy) is 1. The van der Waals surface area contributed by atoms with Gasteiger partial charge in [0.2, 0.25) is 0 Å². The van der Waals surface area contributed by atoms with Gasteiger partial charge < -0.3 is 14.6 Å². The molecule has 4 aromatic rings. The fourth-order valence-electron chi connectivity index (χ4n) is 3.44. The molecule has 5 heteroatoms. The fourth-order valence-corrected chi connectivity index (χ4v) is 3.44. The van der Waals surface area contributed by atoms with Crippen LogP contribution in [0.2, 0.25) is 0 Å². The summed E-state index contributed by atoms with van der Waals surface area (Å²) in [6.07, 6.45) is 0. The van der Waals surface area contributed by atoms with Crippen molar-refractivity contribution in [1.29, 1.82) is 0 Å². The van der Waals surface area contributed by atoms with E-state index in [0.717, 1.165) is 33.7 Å². The zero-order valence-electron chi connectivity index (χ0n) is 17.3. The molecule has 0 spiro atoms. The molecule has 0 fully saturated rings. The van der Waals surface area contributed by atoms with E-state index in [0.29, 0.717) is 25.3 Å². The van der Waals surface area contributed by atoms with Crippen molar-refractivity contribution in [2.24, 2.45) is 0 Å². The Balaban J connectivity index is 1.49. The molecule has 1 N–H and O–H groups in total. The Hall–Kier alpha value is -3.60. The SMILES string of the molecule is Cc1ccc(C(=O)NCc2nc3ccccc3n2CCOc2ccccc2C)cc1. The number of fused-ring (bicyclic) bond motifs is 1. The first kappa shape index (κ1) is 19.7. The predicted octanol–water partition coefficient (Wildman–Crippen LogP) is 4.66. The third-order valence-corrected chi connectivity index (χ3v) is 5.12. The normalized spacial score (nSPS) is 10.9. The maximum absolute atomic E-state index is 12.5. The quantitative estimate of drug-likeness (QED) is 0.492. The number of amides is 1. The van der Waals surface area contributed by atoms with Gasteiger partial charge in [0, 0.05) is 5.56 Å². The first-order valence-corrected chi connectivity index (χ1v) is 10.1. The van der Waals surface area contributed by atoms with Crippen molar-refractivity contribution in [3.63, 3.8) is 0 Å². The Bertz CT molecular complexity index is 1160. The summed E-state index contributed by atoms with van der Waals surface area (Å²) < 4.78 is 8.10. The average molecular weight is 399 g/mol. The van der Waals surface area contributed by atoms with Crippen LogP contribution in [0.15, 0.2) is 72.8 Å². The van der Waals surface area contributed by atoms with Gasteiger partial charge in [-0.25, -0.2) is 4.98 Å². The van der Waals surface area contributed by atoms with Crippen molar-refractivity contribution < 1.29 is 9.53 Å². The van der Waals surface area contributed by atoms with Gasteiger partial charge in [0.1, 0.15) is 18.2 Å². The van der Waals surface area contributed by atoms with E-state index in [1.165, 1.54) is 0 Å². The summed E-state index contributed by atoms with van der Waals surface area (Å²) in [4.78, 5) is 17.2. The molecule has 0 unspecified atom stereocenters. The number of hydrogen-bond acceptors (Lipinski definition) is 3. The van der Waals surface area contributed by atoms with Crippen molar-refractivity contribution in [1.82, 2.24) is 14.9 Å². The second-order valence-corrected chi connectivity index (χ2v) is 7.33. The molecular formula is C25H25N3O2. The first-order valence-electron chi connectivity index (χ1n) is 10.1. The molecule has 0 aliphatic carbocycles. The highest BCUT2D eigenvalue weighted by Crippen LogP contribution is 2.19. The van der Waals surface area contributed by atoms with Crippen molar-refractivity contribution in [2.75, 3.05) is 6.61 Å². The molecule has 0 aliphatic rings. The second kappa shape index (κ2) is 8.82. The summed E-state index contributed by atoms with van der Waals surface area (Å²) in [5.74, 6) is 1.59. The number of hydrogen-bond donors (Lipinski definition) is 1. The van der Waals surface area contributed by atoms with Gasteiger partial charge >= 0.3 is 0 Å². The minimum Gasteiger partial charge on any atom is -0.491 e. The molecule has 152 valence electrons. The fraction of sp³-hybridized carbons (Fsp3) is 0.200. The summed E-state index contributed by atoms with van der Waals surface area (Å²) in [6.45, 7) is 5.55. The van der Waals surface area contributed by atoms with Crippen LogP contribution in [0.25, 0.3) is 11.0 Å². The number of nitrogens with one attached hydrogen (secondary N) is 1. The van der Waals surface area contributed by atoms with E-state index in [2.05, 4.69) is 9.88 Å². The lowest BCUT2D eigenvalue weighted by atomic mass is 10.1. The maximum atomic E-state index is 12.5. The number of rotatable bonds is 7. The summed E-state index contributed by atoms with van der Waals surface area (Å²) in [6, 6.07) is 23.5. The lowest BCUT2D eigenvalue weighted by molar-refractivity contribution is 0.0949. The van der Waals surface area contributed by atoms with Crippen molar-refractivity contribution in [2.45, 2.75) is 26.9 Å². The van der Waals surface area contributed by atoms with Gasteiger partial charge in [0.25, 0.3) is 5.91 Å². The number of imidazole rings is 1. The highest BCUT2D eigenvalue weighted by atomic mass is 16.5. The van der Waals surface area contributed by atoms with E-state index >= 15 is 0 Å². The van der Waals surface area contributed by atoms with Gasteiger partial charge in [0.05, 0.1) is 24.1 Å². The van der Waals surface area contributed by atoms with E-state index in [1.807, 2.05) is 86.6 Å². The molecule has 0 aliphatic heterocycles. The highest BCUT2D eigenvalue weighted by Gasteiger charge is 2.13. The van der Waals surface area contributed by atoms with Gasteiger partial charge in [-0.2, -0.15) is 0 Å². The van der Waals surface area contributed by atoms with E-state index in [-0.39, 0.29) is 5.91 Å². The van der Waals surface area contributed by atoms with Crippen LogP contribution < -0.4 is 10.1 Å². The Labute approximate surface area is 176 Å². The van der Waals surface area contributed by atoms with E-state index < -0.39 is 0 Å². The second-order valence-electron chi connectivity index (χ2n) is 7.33. The average Bonchev–Trinajstić information content (AvgIpc) is 3.11. The third-order valence-electron chi connectivity index (χ3n) is 5.12. The van der Waals surface area contributed by atoms with Crippen LogP contribution in [0, 0.1) is 13.8 Å². The predicted molar refractivity (Wildman–Crippen MR) is 119 cm³/mol. The number of aryl methyl sites for hydroxylation is 2. The molecular weight excluding hydrogens is 374 g/mol. The maximum Gasteiger partial charge on any atom is 0.251 e. The Morgan fingerprint density at radius 2 is 1.70 bits per heavy atom. The lowest BCUT2D eigenvalue weighted by Gasteiger charge is -2.13. The number of nitrogens with zero attached hydrogens (tertiary/aromatic N) is 2. The van der Waals surface area contributed by atoms with Gasteiger partial charge in [0.15, 0.2) is 0 Å². The van der Waals surface area contributed by atoms with Gasteiger partial charge in [-0.05, 0) is 49.7 Å². The monoisotopic (exact) mass is 399 g/mol. The summed E-state index contributed by atoms with van der Waals surface area (Å²) in [5, 5.41) is 2.99. The van der Waals surface area contributed by atoms with Crippen molar-refractivity contribution in [3.8, 4) is 5.75 Å². The number of carbonyl (C=O) groups excluding carboxylic acids is 1. The van der Waals surface area contributed by atoms with Crippen molar-refractivity contribution in [3.05, 3.63) is 95.3 Å². The van der Waals surface area contributed by atoms with Crippen LogP contribution in [0.1, 0.15) is 27.3 Å². The van der Waals surface area contributed by atoms with E-state index in [1.54, 1.807) is 0 Å².